The fraction of sp³-hybridized carbons (Fsp3) is 0.353. The number of β-lactam (4-membered cyclic amide) rings is 1. The largest absolute Gasteiger partial charge is 0.477 e. The van der Waals surface area contributed by atoms with Crippen LogP contribution in [0.5, 0.6) is 0 Å². The molecule has 0 radical (unpaired) electrons. The molecule has 16 heteroatoms. The number of thiophene rings is 1. The molecule has 2 aromatic rings. The summed E-state index contributed by atoms with van der Waals surface area (Å²) < 4.78 is 1.48. The third kappa shape index (κ3) is 4.40. The van der Waals surface area contributed by atoms with E-state index in [9.17, 15) is 19.5 Å². The topological polar surface area (TPSA) is 178 Å². The van der Waals surface area contributed by atoms with E-state index in [1.807, 2.05) is 0 Å². The van der Waals surface area contributed by atoms with E-state index < -0.39 is 29.2 Å². The van der Waals surface area contributed by atoms with Crippen molar-refractivity contribution >= 4 is 63.4 Å². The zero-order valence-electron chi connectivity index (χ0n) is 17.3. The van der Waals surface area contributed by atoms with Gasteiger partial charge in [0.2, 0.25) is 5.16 Å². The van der Waals surface area contributed by atoms with Crippen molar-refractivity contribution in [3.63, 3.8) is 0 Å². The first-order chi connectivity index (χ1) is 15.8. The molecule has 13 nitrogen and oxygen atoms in total. The summed E-state index contributed by atoms with van der Waals surface area (Å²) >= 11 is 3.88. The number of rotatable bonds is 8. The molecule has 0 spiro atoms. The van der Waals surface area contributed by atoms with Crippen molar-refractivity contribution < 1.29 is 24.3 Å². The SMILES string of the molecule is CO/N=C(/C(=O)NC1C(=O)N2C(C(=O)O)=C(CSc3nnnn3C)CSC12)c1csc(N)c1. The maximum atomic E-state index is 12.9. The van der Waals surface area contributed by atoms with Gasteiger partial charge in [-0.25, -0.2) is 9.48 Å². The number of aromatic nitrogens is 4. The average molecular weight is 511 g/mol. The van der Waals surface area contributed by atoms with Gasteiger partial charge >= 0.3 is 5.97 Å². The number of nitrogens with two attached hydrogens (primary N) is 1. The molecule has 0 aromatic carbocycles. The lowest BCUT2D eigenvalue weighted by Crippen LogP contribution is -2.71. The van der Waals surface area contributed by atoms with Crippen LogP contribution in [-0.4, -0.2) is 83.7 Å². The Kier molecular flexibility index (Phi) is 6.57. The molecule has 1 fully saturated rings. The lowest BCUT2D eigenvalue weighted by Gasteiger charge is -2.49. The summed E-state index contributed by atoms with van der Waals surface area (Å²) in [5.74, 6) is -1.66. The Morgan fingerprint density at radius 1 is 1.48 bits per heavy atom. The molecule has 174 valence electrons. The Bertz CT molecular complexity index is 1180. The van der Waals surface area contributed by atoms with Crippen LogP contribution in [0.15, 0.2) is 33.0 Å². The van der Waals surface area contributed by atoms with Gasteiger partial charge in [-0.3, -0.25) is 14.5 Å². The van der Waals surface area contributed by atoms with Crippen LogP contribution < -0.4 is 11.1 Å². The Balaban J connectivity index is 1.49. The summed E-state index contributed by atoms with van der Waals surface area (Å²) in [6.45, 7) is 0. The second-order valence-electron chi connectivity index (χ2n) is 6.85. The number of hydrogen-bond donors (Lipinski definition) is 3. The van der Waals surface area contributed by atoms with Gasteiger partial charge in [-0.1, -0.05) is 16.9 Å². The van der Waals surface area contributed by atoms with Crippen molar-refractivity contribution in [2.24, 2.45) is 12.2 Å². The maximum Gasteiger partial charge on any atom is 0.352 e. The second kappa shape index (κ2) is 9.40. The summed E-state index contributed by atoms with van der Waals surface area (Å²) in [7, 11) is 2.98. The minimum atomic E-state index is -1.21. The molecule has 0 aliphatic carbocycles. The lowest BCUT2D eigenvalue weighted by atomic mass is 10.0. The van der Waals surface area contributed by atoms with Crippen molar-refractivity contribution in [2.75, 3.05) is 24.3 Å². The van der Waals surface area contributed by atoms with Crippen LogP contribution >= 0.6 is 34.9 Å². The van der Waals surface area contributed by atoms with Crippen LogP contribution in [0.3, 0.4) is 0 Å². The highest BCUT2D eigenvalue weighted by Gasteiger charge is 2.54. The number of hydrogen-bond acceptors (Lipinski definition) is 12. The van der Waals surface area contributed by atoms with Gasteiger partial charge in [-0.2, -0.15) is 0 Å². The summed E-state index contributed by atoms with van der Waals surface area (Å²) in [6.07, 6.45) is 0. The number of nitrogen functional groups attached to an aromatic ring is 1. The Morgan fingerprint density at radius 2 is 2.27 bits per heavy atom. The quantitative estimate of drug-likeness (QED) is 0.184. The average Bonchev–Trinajstić information content (AvgIpc) is 3.40. The first kappa shape index (κ1) is 23.1. The molecule has 4 heterocycles. The number of thioether (sulfide) groups is 2. The van der Waals surface area contributed by atoms with Crippen LogP contribution in [0.4, 0.5) is 5.00 Å². The van der Waals surface area contributed by atoms with Crippen molar-refractivity contribution in [1.82, 2.24) is 30.4 Å². The maximum absolute atomic E-state index is 12.9. The number of nitrogens with one attached hydrogen (secondary N) is 1. The minimum Gasteiger partial charge on any atom is -0.477 e. The van der Waals surface area contributed by atoms with Gasteiger partial charge in [0.1, 0.15) is 24.2 Å². The first-order valence-electron chi connectivity index (χ1n) is 9.33. The molecule has 2 unspecified atom stereocenters. The molecule has 2 amide bonds. The van der Waals surface area contributed by atoms with Gasteiger partial charge in [0.25, 0.3) is 11.8 Å². The van der Waals surface area contributed by atoms with E-state index >= 15 is 0 Å². The highest BCUT2D eigenvalue weighted by molar-refractivity contribution is 8.01. The van der Waals surface area contributed by atoms with E-state index in [0.717, 1.165) is 0 Å². The molecule has 1 saturated heterocycles. The van der Waals surface area contributed by atoms with Gasteiger partial charge < -0.3 is 21.0 Å². The highest BCUT2D eigenvalue weighted by atomic mass is 32.2. The van der Waals surface area contributed by atoms with Crippen LogP contribution in [-0.2, 0) is 26.3 Å². The number of tetrazole rings is 1. The number of anilines is 1. The van der Waals surface area contributed by atoms with Crippen molar-refractivity contribution in [2.45, 2.75) is 16.6 Å². The van der Waals surface area contributed by atoms with E-state index in [2.05, 4.69) is 26.0 Å². The molecule has 2 aromatic heterocycles. The second-order valence-corrected chi connectivity index (χ2v) is 9.84. The lowest BCUT2D eigenvalue weighted by molar-refractivity contribution is -0.150. The molecule has 0 bridgehead atoms. The minimum absolute atomic E-state index is 0.0270. The molecular formula is C17H18N8O5S3. The summed E-state index contributed by atoms with van der Waals surface area (Å²) in [6, 6.07) is 0.681. The summed E-state index contributed by atoms with van der Waals surface area (Å²) in [4.78, 5) is 43.7. The Labute approximate surface area is 199 Å². The fourth-order valence-corrected chi connectivity index (χ4v) is 6.27. The van der Waals surface area contributed by atoms with Crippen LogP contribution in [0.1, 0.15) is 5.56 Å². The van der Waals surface area contributed by atoms with E-state index in [1.54, 1.807) is 18.5 Å². The number of nitrogens with zero attached hydrogens (tertiary/aromatic N) is 6. The first-order valence-corrected chi connectivity index (χ1v) is 12.2. The Hall–Kier alpha value is -3.11. The predicted molar refractivity (Wildman–Crippen MR) is 121 cm³/mol. The van der Waals surface area contributed by atoms with E-state index in [4.69, 9.17) is 10.6 Å². The molecular weight excluding hydrogens is 492 g/mol. The highest BCUT2D eigenvalue weighted by Crippen LogP contribution is 2.41. The number of carbonyl (C=O) groups is 3. The van der Waals surface area contributed by atoms with Gasteiger partial charge in [-0.05, 0) is 22.1 Å². The number of aliphatic carboxylic acids is 1. The van der Waals surface area contributed by atoms with E-state index in [0.29, 0.717) is 32.8 Å². The number of aryl methyl sites for hydroxylation is 1. The van der Waals surface area contributed by atoms with Gasteiger partial charge in [0, 0.05) is 29.5 Å². The van der Waals surface area contributed by atoms with Crippen LogP contribution in [0, 0.1) is 0 Å². The number of oxime groups is 1. The van der Waals surface area contributed by atoms with Crippen molar-refractivity contribution in [3.05, 3.63) is 28.3 Å². The van der Waals surface area contributed by atoms with E-state index in [-0.39, 0.29) is 11.4 Å². The van der Waals surface area contributed by atoms with Crippen LogP contribution in [0.25, 0.3) is 0 Å². The molecule has 2 aliphatic rings. The fourth-order valence-electron chi connectivity index (χ4n) is 3.29. The number of carbonyl (C=O) groups excluding carboxylic acids is 2. The summed E-state index contributed by atoms with van der Waals surface area (Å²) in [5.41, 5.74) is 6.66. The molecule has 2 aliphatic heterocycles. The third-order valence-electron chi connectivity index (χ3n) is 4.78. The van der Waals surface area contributed by atoms with Crippen molar-refractivity contribution in [3.8, 4) is 0 Å². The van der Waals surface area contributed by atoms with Gasteiger partial charge in [0.15, 0.2) is 5.71 Å². The van der Waals surface area contributed by atoms with Gasteiger partial charge in [-0.15, -0.1) is 28.2 Å². The smallest absolute Gasteiger partial charge is 0.352 e. The van der Waals surface area contributed by atoms with Gasteiger partial charge in [0.05, 0.1) is 5.00 Å². The zero-order valence-corrected chi connectivity index (χ0v) is 19.7. The standard InChI is InChI=1S/C17H18N8O5S3/c1-24-17(20-22-23-24)33-6-8-5-32-15-11(14(27)25(15)12(8)16(28)29)19-13(26)10(21-30-2)7-3-9(18)31-4-7/h3-4,11,15H,5-6,18H2,1-2H3,(H,19,26)(H,28,29)/b21-10+. The molecule has 4 rings (SSSR count). The third-order valence-corrected chi connectivity index (χ3v) is 7.98. The Morgan fingerprint density at radius 3 is 2.88 bits per heavy atom. The molecule has 33 heavy (non-hydrogen) atoms. The van der Waals surface area contributed by atoms with Crippen molar-refractivity contribution in [1.29, 1.82) is 0 Å². The number of fused-ring (bicyclic) bond motifs is 1. The number of amides is 2. The van der Waals surface area contributed by atoms with E-state index in [1.165, 1.54) is 51.6 Å². The van der Waals surface area contributed by atoms with Crippen LogP contribution in [0.2, 0.25) is 0 Å². The molecule has 2 atom stereocenters. The number of carboxylic acids is 1. The number of carboxylic acid groups (broad SMARTS) is 1. The summed E-state index contributed by atoms with van der Waals surface area (Å²) in [5, 5.41) is 29.5. The zero-order chi connectivity index (χ0) is 23.7. The monoisotopic (exact) mass is 510 g/mol. The molecule has 0 saturated carbocycles. The predicted octanol–water partition coefficient (Wildman–Crippen LogP) is -0.265. The normalized spacial score (nSPS) is 20.4. The molecule has 4 N–H and O–H groups in total.